The molecule has 0 radical (unpaired) electrons. The molecule has 0 aliphatic rings. The minimum Gasteiger partial charge on any atom is -0.364 e. The topological polar surface area (TPSA) is 99.1 Å². The number of pyridine rings is 1. The molecule has 3 heterocycles. The number of aromatic nitrogens is 5. The summed E-state index contributed by atoms with van der Waals surface area (Å²) < 4.78 is 1.35. The number of fused-ring (bicyclic) bond motifs is 1. The van der Waals surface area contributed by atoms with Crippen molar-refractivity contribution in [3.05, 3.63) is 42.0 Å². The van der Waals surface area contributed by atoms with Gasteiger partial charge in [0.2, 0.25) is 0 Å². The van der Waals surface area contributed by atoms with E-state index in [2.05, 4.69) is 20.1 Å². The van der Waals surface area contributed by atoms with E-state index in [1.54, 1.807) is 37.5 Å². The van der Waals surface area contributed by atoms with Gasteiger partial charge in [-0.05, 0) is 25.1 Å². The Balaban J connectivity index is 2.26. The average molecular weight is 254 g/mol. The number of nitrogens with zero attached hydrogens (tertiary/aromatic N) is 5. The molecule has 19 heavy (non-hydrogen) atoms. The van der Waals surface area contributed by atoms with Crippen LogP contribution in [0.1, 0.15) is 16.2 Å². The number of hydrogen-bond acceptors (Lipinski definition) is 5. The normalized spacial score (nSPS) is 10.8. The van der Waals surface area contributed by atoms with Crippen molar-refractivity contribution in [3.63, 3.8) is 0 Å². The SMILES string of the molecule is Cc1cc(C(N)=O)n2nc(-c3ccncc3)nc2n1. The molecule has 0 atom stereocenters. The fourth-order valence-electron chi connectivity index (χ4n) is 1.79. The number of amides is 1. The molecule has 7 heteroatoms. The Hall–Kier alpha value is -2.83. The predicted molar refractivity (Wildman–Crippen MR) is 67.3 cm³/mol. The van der Waals surface area contributed by atoms with Gasteiger partial charge in [0, 0.05) is 23.7 Å². The van der Waals surface area contributed by atoms with Crippen LogP contribution in [0.3, 0.4) is 0 Å². The van der Waals surface area contributed by atoms with Crippen LogP contribution < -0.4 is 5.73 Å². The van der Waals surface area contributed by atoms with E-state index in [1.165, 1.54) is 4.52 Å². The maximum atomic E-state index is 11.4. The molecule has 0 aliphatic heterocycles. The van der Waals surface area contributed by atoms with Gasteiger partial charge in [-0.25, -0.2) is 4.98 Å². The summed E-state index contributed by atoms with van der Waals surface area (Å²) in [6, 6.07) is 5.15. The molecule has 3 rings (SSSR count). The lowest BCUT2D eigenvalue weighted by Gasteiger charge is -1.99. The highest BCUT2D eigenvalue weighted by molar-refractivity contribution is 5.91. The second kappa shape index (κ2) is 4.13. The van der Waals surface area contributed by atoms with Crippen molar-refractivity contribution in [2.24, 2.45) is 5.73 Å². The second-order valence-electron chi connectivity index (χ2n) is 4.03. The van der Waals surface area contributed by atoms with Gasteiger partial charge < -0.3 is 5.73 Å². The van der Waals surface area contributed by atoms with Crippen LogP contribution in [0.4, 0.5) is 0 Å². The van der Waals surface area contributed by atoms with Crippen LogP contribution >= 0.6 is 0 Å². The summed E-state index contributed by atoms with van der Waals surface area (Å²) in [6.45, 7) is 1.77. The lowest BCUT2D eigenvalue weighted by atomic mass is 10.3. The fraction of sp³-hybridized carbons (Fsp3) is 0.0833. The summed E-state index contributed by atoms with van der Waals surface area (Å²) in [6.07, 6.45) is 3.30. The van der Waals surface area contributed by atoms with E-state index < -0.39 is 5.91 Å². The number of aryl methyl sites for hydroxylation is 1. The smallest absolute Gasteiger partial charge is 0.267 e. The van der Waals surface area contributed by atoms with Crippen molar-refractivity contribution in [2.45, 2.75) is 6.92 Å². The first-order valence-electron chi connectivity index (χ1n) is 5.60. The number of nitrogens with two attached hydrogens (primary N) is 1. The zero-order valence-electron chi connectivity index (χ0n) is 10.1. The Kier molecular flexibility index (Phi) is 2.45. The summed E-state index contributed by atoms with van der Waals surface area (Å²) in [5, 5.41) is 4.26. The van der Waals surface area contributed by atoms with Gasteiger partial charge in [0.25, 0.3) is 11.7 Å². The number of primary amides is 1. The first-order valence-corrected chi connectivity index (χ1v) is 5.60. The zero-order valence-corrected chi connectivity index (χ0v) is 10.1. The van der Waals surface area contributed by atoms with E-state index in [0.29, 0.717) is 17.3 Å². The maximum Gasteiger partial charge on any atom is 0.267 e. The molecular weight excluding hydrogens is 244 g/mol. The third-order valence-electron chi connectivity index (χ3n) is 2.63. The van der Waals surface area contributed by atoms with Crippen molar-refractivity contribution in [1.29, 1.82) is 0 Å². The highest BCUT2D eigenvalue weighted by atomic mass is 16.1. The van der Waals surface area contributed by atoms with Crippen LogP contribution in [-0.2, 0) is 0 Å². The Labute approximate surface area is 108 Å². The average Bonchev–Trinajstić information content (AvgIpc) is 2.82. The number of hydrogen-bond donors (Lipinski definition) is 1. The molecule has 0 aliphatic carbocycles. The molecule has 94 valence electrons. The molecule has 0 aromatic carbocycles. The Morgan fingerprint density at radius 1 is 1.26 bits per heavy atom. The molecule has 2 N–H and O–H groups in total. The van der Waals surface area contributed by atoms with Gasteiger partial charge in [-0.15, -0.1) is 5.10 Å². The predicted octanol–water partition coefficient (Wildman–Crippen LogP) is 0.594. The van der Waals surface area contributed by atoms with Crippen LogP contribution in [0.2, 0.25) is 0 Å². The summed E-state index contributed by atoms with van der Waals surface area (Å²) in [4.78, 5) is 23.9. The van der Waals surface area contributed by atoms with Crippen LogP contribution in [0.25, 0.3) is 17.2 Å². The van der Waals surface area contributed by atoms with Crippen molar-refractivity contribution >= 4 is 11.7 Å². The van der Waals surface area contributed by atoms with E-state index in [1.807, 2.05) is 0 Å². The third-order valence-corrected chi connectivity index (χ3v) is 2.63. The first-order chi connectivity index (χ1) is 9.15. The van der Waals surface area contributed by atoms with E-state index in [-0.39, 0.29) is 5.69 Å². The van der Waals surface area contributed by atoms with Crippen molar-refractivity contribution in [3.8, 4) is 11.4 Å². The van der Waals surface area contributed by atoms with Gasteiger partial charge in [-0.1, -0.05) is 0 Å². The minimum absolute atomic E-state index is 0.260. The van der Waals surface area contributed by atoms with Crippen molar-refractivity contribution < 1.29 is 4.79 Å². The summed E-state index contributed by atoms with van der Waals surface area (Å²) in [5.41, 5.74) is 7.05. The number of carbonyl (C=O) groups excluding carboxylic acids is 1. The number of carbonyl (C=O) groups is 1. The quantitative estimate of drug-likeness (QED) is 0.721. The fourth-order valence-corrected chi connectivity index (χ4v) is 1.79. The standard InChI is InChI=1S/C12H10N6O/c1-7-6-9(10(13)19)18-12(15-7)16-11(17-18)8-2-4-14-5-3-8/h2-6H,1H3,(H2,13,19). The van der Waals surface area contributed by atoms with Crippen molar-refractivity contribution in [2.75, 3.05) is 0 Å². The molecular formula is C12H10N6O. The second-order valence-corrected chi connectivity index (χ2v) is 4.03. The highest BCUT2D eigenvalue weighted by Gasteiger charge is 2.14. The largest absolute Gasteiger partial charge is 0.364 e. The van der Waals surface area contributed by atoms with Gasteiger partial charge >= 0.3 is 0 Å². The lowest BCUT2D eigenvalue weighted by Crippen LogP contribution is -2.17. The van der Waals surface area contributed by atoms with Crippen LogP contribution in [0, 0.1) is 6.92 Å². The highest BCUT2D eigenvalue weighted by Crippen LogP contribution is 2.15. The van der Waals surface area contributed by atoms with Gasteiger partial charge in [-0.2, -0.15) is 9.50 Å². The van der Waals surface area contributed by atoms with Gasteiger partial charge in [0.1, 0.15) is 5.69 Å². The van der Waals surface area contributed by atoms with E-state index >= 15 is 0 Å². The molecule has 0 bridgehead atoms. The van der Waals surface area contributed by atoms with E-state index in [9.17, 15) is 4.79 Å². The van der Waals surface area contributed by atoms with Crippen LogP contribution in [0.15, 0.2) is 30.6 Å². The van der Waals surface area contributed by atoms with Gasteiger partial charge in [0.15, 0.2) is 5.82 Å². The molecule has 0 saturated heterocycles. The monoisotopic (exact) mass is 254 g/mol. The zero-order chi connectivity index (χ0) is 13.4. The summed E-state index contributed by atoms with van der Waals surface area (Å²) in [7, 11) is 0. The van der Waals surface area contributed by atoms with Crippen LogP contribution in [-0.4, -0.2) is 30.5 Å². The van der Waals surface area contributed by atoms with Gasteiger partial charge in [0.05, 0.1) is 0 Å². The van der Waals surface area contributed by atoms with E-state index in [4.69, 9.17) is 5.73 Å². The van der Waals surface area contributed by atoms with Crippen molar-refractivity contribution in [1.82, 2.24) is 24.6 Å². The third kappa shape index (κ3) is 1.90. The Morgan fingerprint density at radius 2 is 2.00 bits per heavy atom. The first kappa shape index (κ1) is 11.3. The molecule has 0 spiro atoms. The summed E-state index contributed by atoms with van der Waals surface area (Å²) in [5.74, 6) is 0.255. The van der Waals surface area contributed by atoms with E-state index in [0.717, 1.165) is 5.56 Å². The maximum absolute atomic E-state index is 11.4. The number of rotatable bonds is 2. The van der Waals surface area contributed by atoms with Gasteiger partial charge in [-0.3, -0.25) is 9.78 Å². The minimum atomic E-state index is -0.568. The van der Waals surface area contributed by atoms with Crippen LogP contribution in [0.5, 0.6) is 0 Å². The molecule has 7 nitrogen and oxygen atoms in total. The lowest BCUT2D eigenvalue weighted by molar-refractivity contribution is 0.0993. The molecule has 0 unspecified atom stereocenters. The Bertz CT molecular complexity index is 764. The molecule has 3 aromatic rings. The molecule has 1 amide bonds. The summed E-state index contributed by atoms with van der Waals surface area (Å²) >= 11 is 0. The molecule has 3 aromatic heterocycles. The molecule has 0 fully saturated rings. The molecule has 0 saturated carbocycles. The Morgan fingerprint density at radius 3 is 2.68 bits per heavy atom.